The highest BCUT2D eigenvalue weighted by Crippen LogP contribution is 2.21. The van der Waals surface area contributed by atoms with Gasteiger partial charge in [-0.3, -0.25) is 0 Å². The average molecular weight is 280 g/mol. The summed E-state index contributed by atoms with van der Waals surface area (Å²) in [4.78, 5) is 8.63. The Bertz CT molecular complexity index is 716. The van der Waals surface area contributed by atoms with E-state index in [9.17, 15) is 0 Å². The molecule has 0 bridgehead atoms. The van der Waals surface area contributed by atoms with E-state index in [0.29, 0.717) is 12.6 Å². The van der Waals surface area contributed by atoms with Crippen molar-refractivity contribution in [2.75, 3.05) is 0 Å². The summed E-state index contributed by atoms with van der Waals surface area (Å²) in [6.07, 6.45) is 5.68. The Morgan fingerprint density at radius 2 is 1.90 bits per heavy atom. The predicted molar refractivity (Wildman–Crippen MR) is 85.0 cm³/mol. The largest absolute Gasteiger partial charge is 0.340 e. The van der Waals surface area contributed by atoms with Crippen LogP contribution in [0.25, 0.3) is 10.9 Å². The zero-order chi connectivity index (χ0) is 14.7. The zero-order valence-corrected chi connectivity index (χ0v) is 12.5. The molecule has 0 saturated heterocycles. The van der Waals surface area contributed by atoms with Gasteiger partial charge in [-0.05, 0) is 23.1 Å². The van der Waals surface area contributed by atoms with Crippen molar-refractivity contribution in [2.24, 2.45) is 0 Å². The summed E-state index contributed by atoms with van der Waals surface area (Å²) >= 11 is 0. The molecule has 0 fully saturated rings. The molecule has 0 amide bonds. The van der Waals surface area contributed by atoms with E-state index in [1.807, 2.05) is 6.07 Å². The Hall–Kier alpha value is -2.20. The van der Waals surface area contributed by atoms with Crippen LogP contribution in [0.2, 0.25) is 0 Å². The van der Waals surface area contributed by atoms with E-state index in [0.717, 1.165) is 12.4 Å². The van der Waals surface area contributed by atoms with Crippen LogP contribution in [0, 0.1) is 0 Å². The molecule has 0 aliphatic heterocycles. The van der Waals surface area contributed by atoms with Gasteiger partial charge in [0.25, 0.3) is 0 Å². The van der Waals surface area contributed by atoms with Crippen molar-refractivity contribution in [1.29, 1.82) is 0 Å². The maximum atomic E-state index is 4.32. The van der Waals surface area contributed by atoms with Crippen molar-refractivity contribution in [3.05, 3.63) is 60.3 Å². The second-order valence-electron chi connectivity index (χ2n) is 5.50. The third-order valence-electron chi connectivity index (χ3n) is 3.50. The number of hydrogen-bond donors (Lipinski definition) is 1. The number of hydrogen-bond acceptors (Lipinski definition) is 3. The summed E-state index contributed by atoms with van der Waals surface area (Å²) in [5.41, 5.74) is 2.57. The van der Waals surface area contributed by atoms with Crippen molar-refractivity contribution in [1.82, 2.24) is 19.9 Å². The lowest BCUT2D eigenvalue weighted by atomic mass is 10.1. The summed E-state index contributed by atoms with van der Waals surface area (Å²) in [5.74, 6) is 0.835. The van der Waals surface area contributed by atoms with Gasteiger partial charge in [0.1, 0.15) is 5.82 Å². The topological polar surface area (TPSA) is 42.7 Å². The van der Waals surface area contributed by atoms with Gasteiger partial charge >= 0.3 is 0 Å². The molecule has 0 aliphatic carbocycles. The average Bonchev–Trinajstić information content (AvgIpc) is 2.90. The minimum Gasteiger partial charge on any atom is -0.340 e. The van der Waals surface area contributed by atoms with Crippen molar-refractivity contribution in [2.45, 2.75) is 33.0 Å². The lowest BCUT2D eigenvalue weighted by Crippen LogP contribution is -2.22. The zero-order valence-electron chi connectivity index (χ0n) is 12.5. The highest BCUT2D eigenvalue weighted by Gasteiger charge is 2.08. The monoisotopic (exact) mass is 280 g/mol. The molecule has 1 aromatic carbocycles. The fourth-order valence-corrected chi connectivity index (χ4v) is 2.49. The molecule has 4 nitrogen and oxygen atoms in total. The van der Waals surface area contributed by atoms with Crippen LogP contribution in [0.1, 0.15) is 25.2 Å². The Morgan fingerprint density at radius 1 is 1.10 bits per heavy atom. The van der Waals surface area contributed by atoms with Crippen molar-refractivity contribution >= 4 is 10.9 Å². The molecule has 0 radical (unpaired) electrons. The lowest BCUT2D eigenvalue weighted by molar-refractivity contribution is 0.589. The number of rotatable bonds is 5. The van der Waals surface area contributed by atoms with E-state index >= 15 is 0 Å². The molecule has 2 aromatic heterocycles. The highest BCUT2D eigenvalue weighted by molar-refractivity contribution is 5.83. The van der Waals surface area contributed by atoms with E-state index in [-0.39, 0.29) is 0 Å². The Balaban J connectivity index is 1.95. The van der Waals surface area contributed by atoms with Gasteiger partial charge in [0.05, 0.1) is 12.1 Å². The Labute approximate surface area is 124 Å². The van der Waals surface area contributed by atoms with Crippen molar-refractivity contribution in [3.63, 3.8) is 0 Å². The summed E-state index contributed by atoms with van der Waals surface area (Å²) in [5, 5.41) is 4.75. The molecule has 0 spiro atoms. The first-order chi connectivity index (χ1) is 10.2. The maximum absolute atomic E-state index is 4.32. The van der Waals surface area contributed by atoms with Gasteiger partial charge < -0.3 is 9.88 Å². The first-order valence-electron chi connectivity index (χ1n) is 7.30. The summed E-state index contributed by atoms with van der Waals surface area (Å²) in [6, 6.07) is 10.9. The molecule has 4 heteroatoms. The molecule has 0 atom stereocenters. The van der Waals surface area contributed by atoms with Crippen LogP contribution in [-0.2, 0) is 13.1 Å². The van der Waals surface area contributed by atoms with Crippen LogP contribution in [0.4, 0.5) is 0 Å². The van der Waals surface area contributed by atoms with Crippen LogP contribution >= 0.6 is 0 Å². The fraction of sp³-hybridized carbons (Fsp3) is 0.294. The quantitative estimate of drug-likeness (QED) is 0.781. The number of fused-ring (bicyclic) bond motifs is 1. The lowest BCUT2D eigenvalue weighted by Gasteiger charge is -2.12. The molecule has 0 aliphatic rings. The second-order valence-corrected chi connectivity index (χ2v) is 5.50. The van der Waals surface area contributed by atoms with Crippen LogP contribution < -0.4 is 5.32 Å². The van der Waals surface area contributed by atoms with Crippen LogP contribution in [0.5, 0.6) is 0 Å². The maximum Gasteiger partial charge on any atom is 0.147 e. The first-order valence-corrected chi connectivity index (χ1v) is 7.30. The van der Waals surface area contributed by atoms with Gasteiger partial charge in [-0.2, -0.15) is 0 Å². The van der Waals surface area contributed by atoms with Crippen LogP contribution in [0.3, 0.4) is 0 Å². The minimum atomic E-state index is 0.473. The molecule has 2 heterocycles. The van der Waals surface area contributed by atoms with Gasteiger partial charge in [0.2, 0.25) is 0 Å². The number of nitrogens with zero attached hydrogens (tertiary/aromatic N) is 3. The molecule has 3 rings (SSSR count). The molecular formula is C17H20N4. The minimum absolute atomic E-state index is 0.473. The second kappa shape index (κ2) is 6.06. The Kier molecular flexibility index (Phi) is 3.97. The molecular weight excluding hydrogens is 260 g/mol. The fourth-order valence-electron chi connectivity index (χ4n) is 2.49. The van der Waals surface area contributed by atoms with E-state index in [4.69, 9.17) is 0 Å². The summed E-state index contributed by atoms with van der Waals surface area (Å²) < 4.78 is 2.22. The van der Waals surface area contributed by atoms with Crippen molar-refractivity contribution in [3.8, 4) is 0 Å². The van der Waals surface area contributed by atoms with Crippen LogP contribution in [-0.4, -0.2) is 20.6 Å². The SMILES string of the molecule is CC(C)NCc1cccc2ccn(Cc3ncccn3)c12. The first kappa shape index (κ1) is 13.8. The van der Waals surface area contributed by atoms with E-state index < -0.39 is 0 Å². The number of aromatic nitrogens is 3. The molecule has 108 valence electrons. The van der Waals surface area contributed by atoms with Gasteiger partial charge in [0.15, 0.2) is 0 Å². The van der Waals surface area contributed by atoms with Gasteiger partial charge in [-0.15, -0.1) is 0 Å². The number of benzene rings is 1. The van der Waals surface area contributed by atoms with Gasteiger partial charge in [0, 0.05) is 31.2 Å². The summed E-state index contributed by atoms with van der Waals surface area (Å²) in [6.45, 7) is 5.89. The Morgan fingerprint density at radius 3 is 2.67 bits per heavy atom. The molecule has 3 aromatic rings. The molecule has 1 N–H and O–H groups in total. The highest BCUT2D eigenvalue weighted by atomic mass is 15.0. The van der Waals surface area contributed by atoms with Gasteiger partial charge in [-0.25, -0.2) is 9.97 Å². The van der Waals surface area contributed by atoms with E-state index in [1.165, 1.54) is 16.5 Å². The van der Waals surface area contributed by atoms with Crippen LogP contribution in [0.15, 0.2) is 48.9 Å². The van der Waals surface area contributed by atoms with Crippen molar-refractivity contribution < 1.29 is 0 Å². The smallest absolute Gasteiger partial charge is 0.147 e. The van der Waals surface area contributed by atoms with E-state index in [1.54, 1.807) is 12.4 Å². The van der Waals surface area contributed by atoms with Gasteiger partial charge in [-0.1, -0.05) is 32.0 Å². The summed E-state index contributed by atoms with van der Waals surface area (Å²) in [7, 11) is 0. The standard InChI is InChI=1S/C17H20N4/c1-13(2)20-11-15-6-3-5-14-7-10-21(17(14)15)12-16-18-8-4-9-19-16/h3-10,13,20H,11-12H2,1-2H3. The molecule has 0 unspecified atom stereocenters. The van der Waals surface area contributed by atoms with E-state index in [2.05, 4.69) is 64.2 Å². The number of nitrogens with one attached hydrogen (secondary N) is 1. The molecule has 0 saturated carbocycles. The third-order valence-corrected chi connectivity index (χ3v) is 3.50. The normalized spacial score (nSPS) is 11.4. The third kappa shape index (κ3) is 3.11. The molecule has 21 heavy (non-hydrogen) atoms. The number of para-hydroxylation sites is 1. The predicted octanol–water partition coefficient (Wildman–Crippen LogP) is 2.98.